The van der Waals surface area contributed by atoms with Crippen LogP contribution in [-0.4, -0.2) is 42.8 Å². The standard InChI is InChI=1S/C26H25NO8S2/c1-31-16-9-11-17(12-10-16)35-25-19-13-20(32-2)21(33-3)14-22(19)36-23(25)15-27-37(29,30)24-8-6-5-7-18(24)26(28)34-4/h5-14,27H,15H2,1-4H3. The fourth-order valence-electron chi connectivity index (χ4n) is 3.66. The zero-order valence-corrected chi connectivity index (χ0v) is 22.2. The molecule has 0 amide bonds. The van der Waals surface area contributed by atoms with Gasteiger partial charge in [0.05, 0.1) is 43.8 Å². The number of methoxy groups -OCH3 is 4. The molecule has 0 aliphatic carbocycles. The largest absolute Gasteiger partial charge is 0.497 e. The maximum Gasteiger partial charge on any atom is 0.339 e. The number of esters is 1. The Labute approximate surface area is 218 Å². The van der Waals surface area contributed by atoms with Crippen molar-refractivity contribution in [3.8, 4) is 28.7 Å². The number of carbonyl (C=O) groups is 1. The predicted molar refractivity (Wildman–Crippen MR) is 140 cm³/mol. The Bertz CT molecular complexity index is 1530. The average Bonchev–Trinajstić information content (AvgIpc) is 3.26. The lowest BCUT2D eigenvalue weighted by molar-refractivity contribution is 0.0596. The van der Waals surface area contributed by atoms with Crippen LogP contribution >= 0.6 is 11.3 Å². The summed E-state index contributed by atoms with van der Waals surface area (Å²) in [6, 6.07) is 16.5. The molecule has 0 atom stereocenters. The minimum Gasteiger partial charge on any atom is -0.497 e. The van der Waals surface area contributed by atoms with Gasteiger partial charge in [0.25, 0.3) is 0 Å². The number of nitrogens with one attached hydrogen (secondary N) is 1. The lowest BCUT2D eigenvalue weighted by Crippen LogP contribution is -2.25. The van der Waals surface area contributed by atoms with Gasteiger partial charge in [0.2, 0.25) is 10.0 Å². The highest BCUT2D eigenvalue weighted by atomic mass is 32.2. The molecule has 4 rings (SSSR count). The van der Waals surface area contributed by atoms with Crippen LogP contribution in [0.15, 0.2) is 65.6 Å². The minimum atomic E-state index is -4.07. The van der Waals surface area contributed by atoms with E-state index in [2.05, 4.69) is 4.72 Å². The summed E-state index contributed by atoms with van der Waals surface area (Å²) in [6.07, 6.45) is 0. The average molecular weight is 544 g/mol. The molecule has 194 valence electrons. The third-order valence-electron chi connectivity index (χ3n) is 5.50. The third kappa shape index (κ3) is 5.48. The van der Waals surface area contributed by atoms with Crippen molar-refractivity contribution in [3.63, 3.8) is 0 Å². The fraction of sp³-hybridized carbons (Fsp3) is 0.192. The van der Waals surface area contributed by atoms with Crippen molar-refractivity contribution in [1.29, 1.82) is 0 Å². The molecule has 11 heteroatoms. The number of hydrogen-bond acceptors (Lipinski definition) is 9. The molecular formula is C26H25NO8S2. The molecule has 1 N–H and O–H groups in total. The van der Waals surface area contributed by atoms with Gasteiger partial charge >= 0.3 is 5.97 Å². The molecule has 0 bridgehead atoms. The summed E-state index contributed by atoms with van der Waals surface area (Å²) < 4.78 is 56.9. The maximum absolute atomic E-state index is 13.2. The summed E-state index contributed by atoms with van der Waals surface area (Å²) in [6.45, 7) is -0.0900. The molecular weight excluding hydrogens is 518 g/mol. The monoisotopic (exact) mass is 543 g/mol. The van der Waals surface area contributed by atoms with Gasteiger partial charge in [0.15, 0.2) is 17.2 Å². The minimum absolute atomic E-state index is 0.0574. The van der Waals surface area contributed by atoms with Crippen molar-refractivity contribution >= 4 is 37.4 Å². The Morgan fingerprint density at radius 2 is 1.51 bits per heavy atom. The lowest BCUT2D eigenvalue weighted by atomic mass is 10.2. The first-order valence-corrected chi connectivity index (χ1v) is 13.3. The van der Waals surface area contributed by atoms with Crippen molar-refractivity contribution in [1.82, 2.24) is 4.72 Å². The first-order valence-electron chi connectivity index (χ1n) is 11.0. The van der Waals surface area contributed by atoms with E-state index < -0.39 is 16.0 Å². The molecule has 9 nitrogen and oxygen atoms in total. The van der Waals surface area contributed by atoms with Crippen molar-refractivity contribution in [2.75, 3.05) is 28.4 Å². The van der Waals surface area contributed by atoms with Gasteiger partial charge < -0.3 is 23.7 Å². The topological polar surface area (TPSA) is 109 Å². The molecule has 0 spiro atoms. The first-order chi connectivity index (χ1) is 17.8. The second-order valence-corrected chi connectivity index (χ2v) is 10.5. The summed E-state index contributed by atoms with van der Waals surface area (Å²) >= 11 is 1.35. The highest BCUT2D eigenvalue weighted by Gasteiger charge is 2.25. The molecule has 0 aliphatic rings. The highest BCUT2D eigenvalue weighted by molar-refractivity contribution is 7.89. The van der Waals surface area contributed by atoms with Crippen LogP contribution in [0.3, 0.4) is 0 Å². The number of rotatable bonds is 10. The highest BCUT2D eigenvalue weighted by Crippen LogP contribution is 2.45. The molecule has 0 saturated heterocycles. The van der Waals surface area contributed by atoms with E-state index in [1.54, 1.807) is 50.6 Å². The smallest absolute Gasteiger partial charge is 0.339 e. The maximum atomic E-state index is 13.2. The fourth-order valence-corrected chi connectivity index (χ4v) is 6.02. The van der Waals surface area contributed by atoms with Gasteiger partial charge in [-0.1, -0.05) is 12.1 Å². The second-order valence-electron chi connectivity index (χ2n) is 7.65. The van der Waals surface area contributed by atoms with Gasteiger partial charge in [-0.25, -0.2) is 17.9 Å². The van der Waals surface area contributed by atoms with Gasteiger partial charge in [-0.2, -0.15) is 0 Å². The SMILES string of the molecule is COC(=O)c1ccccc1S(=O)(=O)NCc1sc2cc(OC)c(OC)cc2c1Oc1ccc(OC)cc1. The molecule has 3 aromatic carbocycles. The van der Waals surface area contributed by atoms with Crippen LogP contribution < -0.4 is 23.7 Å². The van der Waals surface area contributed by atoms with Gasteiger partial charge in [0, 0.05) is 22.7 Å². The first kappa shape index (κ1) is 26.3. The van der Waals surface area contributed by atoms with Crippen LogP contribution in [0.1, 0.15) is 15.2 Å². The Morgan fingerprint density at radius 3 is 2.16 bits per heavy atom. The molecule has 4 aromatic rings. The second kappa shape index (κ2) is 11.1. The summed E-state index contributed by atoms with van der Waals surface area (Å²) in [4.78, 5) is 12.6. The Kier molecular flexibility index (Phi) is 7.86. The van der Waals surface area contributed by atoms with E-state index in [0.717, 1.165) is 10.1 Å². The van der Waals surface area contributed by atoms with Gasteiger partial charge in [-0.05, 0) is 42.5 Å². The van der Waals surface area contributed by atoms with E-state index in [0.29, 0.717) is 33.6 Å². The number of hydrogen-bond donors (Lipinski definition) is 1. The number of ether oxygens (including phenoxy) is 5. The number of benzene rings is 3. The molecule has 0 radical (unpaired) electrons. The zero-order valence-electron chi connectivity index (χ0n) is 20.6. The van der Waals surface area contributed by atoms with Crippen molar-refractivity contribution in [2.24, 2.45) is 0 Å². The van der Waals surface area contributed by atoms with Gasteiger partial charge in [0.1, 0.15) is 11.5 Å². The summed E-state index contributed by atoms with van der Waals surface area (Å²) in [5.41, 5.74) is -0.0574. The van der Waals surface area contributed by atoms with E-state index in [1.807, 2.05) is 6.07 Å². The molecule has 0 saturated carbocycles. The van der Waals surface area contributed by atoms with E-state index in [1.165, 1.54) is 43.8 Å². The molecule has 1 aromatic heterocycles. The van der Waals surface area contributed by atoms with Crippen LogP contribution in [0.4, 0.5) is 0 Å². The van der Waals surface area contributed by atoms with E-state index in [4.69, 9.17) is 23.7 Å². The van der Waals surface area contributed by atoms with Crippen molar-refractivity contribution < 1.29 is 36.9 Å². The lowest BCUT2D eigenvalue weighted by Gasteiger charge is -2.12. The van der Waals surface area contributed by atoms with Crippen molar-refractivity contribution in [2.45, 2.75) is 11.4 Å². The molecule has 1 heterocycles. The Balaban J connectivity index is 1.74. The summed E-state index contributed by atoms with van der Waals surface area (Å²) in [5, 5.41) is 0.725. The summed E-state index contributed by atoms with van der Waals surface area (Å²) in [7, 11) is 1.78. The zero-order chi connectivity index (χ0) is 26.6. The van der Waals surface area contributed by atoms with E-state index >= 15 is 0 Å². The van der Waals surface area contributed by atoms with Gasteiger partial charge in [-0.3, -0.25) is 0 Å². The molecule has 37 heavy (non-hydrogen) atoms. The van der Waals surface area contributed by atoms with E-state index in [9.17, 15) is 13.2 Å². The number of carbonyl (C=O) groups excluding carboxylic acids is 1. The molecule has 0 unspecified atom stereocenters. The third-order valence-corrected chi connectivity index (χ3v) is 8.09. The van der Waals surface area contributed by atoms with Gasteiger partial charge in [-0.15, -0.1) is 11.3 Å². The van der Waals surface area contributed by atoms with Crippen LogP contribution in [0.25, 0.3) is 10.1 Å². The molecule has 0 aliphatic heterocycles. The van der Waals surface area contributed by atoms with Crippen LogP contribution in [-0.2, 0) is 21.3 Å². The Morgan fingerprint density at radius 1 is 0.865 bits per heavy atom. The van der Waals surface area contributed by atoms with Crippen LogP contribution in [0, 0.1) is 0 Å². The normalized spacial score (nSPS) is 11.2. The molecule has 0 fully saturated rings. The number of sulfonamides is 1. The summed E-state index contributed by atoms with van der Waals surface area (Å²) in [5.74, 6) is 1.97. The van der Waals surface area contributed by atoms with E-state index in [-0.39, 0.29) is 17.0 Å². The quantitative estimate of drug-likeness (QED) is 0.279. The van der Waals surface area contributed by atoms with Crippen LogP contribution in [0.5, 0.6) is 28.7 Å². The van der Waals surface area contributed by atoms with Crippen LogP contribution in [0.2, 0.25) is 0 Å². The number of thiophene rings is 1. The van der Waals surface area contributed by atoms with Crippen molar-refractivity contribution in [3.05, 3.63) is 71.1 Å². The predicted octanol–water partition coefficient (Wildman–Crippen LogP) is 4.98. The number of fused-ring (bicyclic) bond motifs is 1. The Hall–Kier alpha value is -3.80.